The van der Waals surface area contributed by atoms with E-state index < -0.39 is 0 Å². The molecule has 0 saturated carbocycles. The number of fused-ring (bicyclic) bond motifs is 1. The highest BCUT2D eigenvalue weighted by Gasteiger charge is 2.26. The van der Waals surface area contributed by atoms with E-state index in [1.165, 1.54) is 24.0 Å². The van der Waals surface area contributed by atoms with Crippen LogP contribution in [0.2, 0.25) is 0 Å². The Hall–Kier alpha value is -0.860. The van der Waals surface area contributed by atoms with E-state index in [1.807, 2.05) is 0 Å². The number of aryl methyl sites for hydroxylation is 1. The Morgan fingerprint density at radius 3 is 2.88 bits per heavy atom. The van der Waals surface area contributed by atoms with Crippen LogP contribution in [0.5, 0.6) is 0 Å². The third kappa shape index (κ3) is 2.28. The van der Waals surface area contributed by atoms with Crippen LogP contribution in [0.25, 0.3) is 0 Å². The summed E-state index contributed by atoms with van der Waals surface area (Å²) in [6, 6.07) is 9.26. The number of rotatable bonds is 5. The molecule has 1 aromatic carbocycles. The molecular formula is C14H21NO. The molecule has 0 saturated heterocycles. The highest BCUT2D eigenvalue weighted by Crippen LogP contribution is 2.35. The topological polar surface area (TPSA) is 23.5 Å². The van der Waals surface area contributed by atoms with E-state index in [9.17, 15) is 0 Å². The Balaban J connectivity index is 2.15. The quantitative estimate of drug-likeness (QED) is 0.822. The summed E-state index contributed by atoms with van der Waals surface area (Å²) >= 11 is 0. The van der Waals surface area contributed by atoms with Crippen LogP contribution in [0, 0.1) is 0 Å². The number of hydrogen-bond donors (Lipinski definition) is 1. The zero-order chi connectivity index (χ0) is 11.4. The lowest BCUT2D eigenvalue weighted by Gasteiger charge is -2.28. The van der Waals surface area contributed by atoms with Gasteiger partial charge in [0.15, 0.2) is 0 Å². The van der Waals surface area contributed by atoms with E-state index in [2.05, 4.69) is 36.1 Å². The number of benzene rings is 1. The number of aliphatic hydroxyl groups excluding tert-OH is 1. The first-order valence-electron chi connectivity index (χ1n) is 6.29. The molecule has 0 radical (unpaired) electrons. The largest absolute Gasteiger partial charge is 0.395 e. The molecule has 1 unspecified atom stereocenters. The molecule has 2 heteroatoms. The van der Waals surface area contributed by atoms with Crippen molar-refractivity contribution >= 4 is 0 Å². The van der Waals surface area contributed by atoms with Gasteiger partial charge in [0.2, 0.25) is 0 Å². The second-order valence-corrected chi connectivity index (χ2v) is 4.51. The van der Waals surface area contributed by atoms with E-state index in [4.69, 9.17) is 5.11 Å². The molecule has 0 bridgehead atoms. The third-order valence-electron chi connectivity index (χ3n) is 3.44. The predicted molar refractivity (Wildman–Crippen MR) is 66.5 cm³/mol. The van der Waals surface area contributed by atoms with Gasteiger partial charge in [0.05, 0.1) is 6.61 Å². The van der Waals surface area contributed by atoms with Crippen LogP contribution >= 0.6 is 0 Å². The zero-order valence-electron chi connectivity index (χ0n) is 10.0. The van der Waals surface area contributed by atoms with Crippen LogP contribution < -0.4 is 0 Å². The fourth-order valence-corrected chi connectivity index (χ4v) is 2.75. The van der Waals surface area contributed by atoms with Gasteiger partial charge in [0.1, 0.15) is 0 Å². The molecule has 1 aliphatic rings. The minimum Gasteiger partial charge on any atom is -0.395 e. The van der Waals surface area contributed by atoms with Gasteiger partial charge in [-0.05, 0) is 36.9 Å². The van der Waals surface area contributed by atoms with Gasteiger partial charge in [-0.1, -0.05) is 31.2 Å². The molecule has 0 amide bonds. The second kappa shape index (κ2) is 5.46. The predicted octanol–water partition coefficient (Wildman–Crippen LogP) is 2.38. The van der Waals surface area contributed by atoms with Crippen LogP contribution in [0.1, 0.15) is 36.9 Å². The Kier molecular flexibility index (Phi) is 3.97. The number of aliphatic hydroxyl groups is 1. The molecule has 1 aromatic rings. The van der Waals surface area contributed by atoms with Crippen molar-refractivity contribution in [3.63, 3.8) is 0 Å². The standard InChI is InChI=1S/C14H21NO/c1-2-9-15(10-11-16)14-8-7-12-5-3-4-6-13(12)14/h3-6,14,16H,2,7-11H2,1H3. The van der Waals surface area contributed by atoms with Crippen molar-refractivity contribution in [3.05, 3.63) is 35.4 Å². The third-order valence-corrected chi connectivity index (χ3v) is 3.44. The van der Waals surface area contributed by atoms with Crippen molar-refractivity contribution in [2.45, 2.75) is 32.2 Å². The molecule has 0 aromatic heterocycles. The van der Waals surface area contributed by atoms with Gasteiger partial charge in [-0.25, -0.2) is 0 Å². The van der Waals surface area contributed by atoms with Crippen molar-refractivity contribution in [2.24, 2.45) is 0 Å². The maximum atomic E-state index is 9.13. The molecule has 2 nitrogen and oxygen atoms in total. The fraction of sp³-hybridized carbons (Fsp3) is 0.571. The Morgan fingerprint density at radius 2 is 2.12 bits per heavy atom. The lowest BCUT2D eigenvalue weighted by molar-refractivity contribution is 0.150. The molecule has 0 aliphatic heterocycles. The first kappa shape index (κ1) is 11.6. The van der Waals surface area contributed by atoms with Crippen LogP contribution in [0.15, 0.2) is 24.3 Å². The normalized spacial score (nSPS) is 19.1. The molecule has 1 aliphatic carbocycles. The maximum Gasteiger partial charge on any atom is 0.0558 e. The zero-order valence-corrected chi connectivity index (χ0v) is 10.0. The molecule has 0 fully saturated rings. The first-order chi connectivity index (χ1) is 7.86. The highest BCUT2D eigenvalue weighted by molar-refractivity contribution is 5.34. The average Bonchev–Trinajstić information content (AvgIpc) is 2.72. The van der Waals surface area contributed by atoms with Gasteiger partial charge in [0, 0.05) is 12.6 Å². The summed E-state index contributed by atoms with van der Waals surface area (Å²) in [6.07, 6.45) is 3.55. The van der Waals surface area contributed by atoms with Crippen molar-refractivity contribution < 1.29 is 5.11 Å². The summed E-state index contributed by atoms with van der Waals surface area (Å²) in [7, 11) is 0. The minimum absolute atomic E-state index is 0.263. The first-order valence-corrected chi connectivity index (χ1v) is 6.29. The highest BCUT2D eigenvalue weighted by atomic mass is 16.3. The summed E-state index contributed by atoms with van der Waals surface area (Å²) in [5.74, 6) is 0. The summed E-state index contributed by atoms with van der Waals surface area (Å²) in [4.78, 5) is 2.42. The summed E-state index contributed by atoms with van der Waals surface area (Å²) in [5.41, 5.74) is 2.97. The molecular weight excluding hydrogens is 198 g/mol. The maximum absolute atomic E-state index is 9.13. The fourth-order valence-electron chi connectivity index (χ4n) is 2.75. The van der Waals surface area contributed by atoms with Gasteiger partial charge in [-0.3, -0.25) is 4.90 Å². The summed E-state index contributed by atoms with van der Waals surface area (Å²) < 4.78 is 0. The van der Waals surface area contributed by atoms with Crippen molar-refractivity contribution in [2.75, 3.05) is 19.7 Å². The van der Waals surface area contributed by atoms with Crippen molar-refractivity contribution in [3.8, 4) is 0 Å². The smallest absolute Gasteiger partial charge is 0.0558 e. The van der Waals surface area contributed by atoms with Crippen LogP contribution in [-0.2, 0) is 6.42 Å². The van der Waals surface area contributed by atoms with E-state index in [1.54, 1.807) is 0 Å². The van der Waals surface area contributed by atoms with Crippen molar-refractivity contribution in [1.82, 2.24) is 4.90 Å². The molecule has 1 atom stereocenters. The van der Waals surface area contributed by atoms with Gasteiger partial charge >= 0.3 is 0 Å². The van der Waals surface area contributed by atoms with Gasteiger partial charge < -0.3 is 5.11 Å². The Labute approximate surface area is 97.9 Å². The lowest BCUT2D eigenvalue weighted by Crippen LogP contribution is -2.31. The van der Waals surface area contributed by atoms with E-state index >= 15 is 0 Å². The van der Waals surface area contributed by atoms with Crippen LogP contribution in [0.4, 0.5) is 0 Å². The van der Waals surface area contributed by atoms with E-state index in [0.29, 0.717) is 6.04 Å². The number of nitrogens with zero attached hydrogens (tertiary/aromatic N) is 1. The average molecular weight is 219 g/mol. The van der Waals surface area contributed by atoms with Crippen LogP contribution in [-0.4, -0.2) is 29.7 Å². The lowest BCUT2D eigenvalue weighted by atomic mass is 10.1. The van der Waals surface area contributed by atoms with Gasteiger partial charge in [-0.15, -0.1) is 0 Å². The molecule has 16 heavy (non-hydrogen) atoms. The van der Waals surface area contributed by atoms with Crippen LogP contribution in [0.3, 0.4) is 0 Å². The minimum atomic E-state index is 0.263. The molecule has 0 heterocycles. The summed E-state index contributed by atoms with van der Waals surface area (Å²) in [5, 5.41) is 9.13. The molecule has 88 valence electrons. The molecule has 2 rings (SSSR count). The monoisotopic (exact) mass is 219 g/mol. The van der Waals surface area contributed by atoms with Crippen molar-refractivity contribution in [1.29, 1.82) is 0 Å². The number of hydrogen-bond acceptors (Lipinski definition) is 2. The SMILES string of the molecule is CCCN(CCO)C1CCc2ccccc21. The second-order valence-electron chi connectivity index (χ2n) is 4.51. The Bertz CT molecular complexity index is 331. The molecule has 1 N–H and O–H groups in total. The van der Waals surface area contributed by atoms with Gasteiger partial charge in [-0.2, -0.15) is 0 Å². The Morgan fingerprint density at radius 1 is 1.31 bits per heavy atom. The summed E-state index contributed by atoms with van der Waals surface area (Å²) in [6.45, 7) is 4.34. The van der Waals surface area contributed by atoms with E-state index in [-0.39, 0.29) is 6.61 Å². The molecule has 0 spiro atoms. The van der Waals surface area contributed by atoms with Gasteiger partial charge in [0.25, 0.3) is 0 Å². The van der Waals surface area contributed by atoms with E-state index in [0.717, 1.165) is 19.5 Å².